The maximum absolute atomic E-state index is 11.1. The van der Waals surface area contributed by atoms with Crippen molar-refractivity contribution < 1.29 is 33.4 Å². The number of hydrogen-bond acceptors (Lipinski definition) is 4. The minimum absolute atomic E-state index is 0. The van der Waals surface area contributed by atoms with E-state index in [1.54, 1.807) is 0 Å². The molecule has 12 heavy (non-hydrogen) atoms. The van der Waals surface area contributed by atoms with Crippen LogP contribution >= 0.6 is 6.72 Å². The molecule has 0 spiro atoms. The molecule has 0 radical (unpaired) electrons. The van der Waals surface area contributed by atoms with Crippen molar-refractivity contribution in [1.29, 1.82) is 0 Å². The van der Waals surface area contributed by atoms with Crippen molar-refractivity contribution in [2.45, 2.75) is 26.7 Å². The zero-order chi connectivity index (χ0) is 8.74. The monoisotopic (exact) mass is 261 g/mol. The molecule has 0 aromatic heterocycles. The van der Waals surface area contributed by atoms with E-state index in [4.69, 9.17) is 9.05 Å². The summed E-state index contributed by atoms with van der Waals surface area (Å²) in [5, 5.41) is 0. The summed E-state index contributed by atoms with van der Waals surface area (Å²) in [7, 11) is 0. The Hall–Kier alpha value is 1.15. The first kappa shape index (κ1) is 15.6. The van der Waals surface area contributed by atoms with Crippen molar-refractivity contribution in [3.63, 3.8) is 0 Å². The molecule has 6 heteroatoms. The molecule has 0 aromatic rings. The first-order chi connectivity index (χ1) is 5.12. The summed E-state index contributed by atoms with van der Waals surface area (Å²) in [5.41, 5.74) is 0. The third-order valence-corrected chi connectivity index (χ3v) is 2.54. The zero-order valence-electron chi connectivity index (χ0n) is 7.62. The molecule has 0 saturated heterocycles. The third kappa shape index (κ3) is 9.24. The fourth-order valence-corrected chi connectivity index (χ4v) is 1.78. The maximum Gasteiger partial charge on any atom is 2.00 e. The predicted molar refractivity (Wildman–Crippen MR) is 46.8 cm³/mol. The van der Waals surface area contributed by atoms with Crippen LogP contribution in [-0.2, 0) is 40.3 Å². The second-order valence-corrected chi connectivity index (χ2v) is 4.87. The molecule has 0 fully saturated rings. The van der Waals surface area contributed by atoms with Crippen LogP contribution in [0, 0.1) is 0 Å². The molecule has 0 N–H and O–H groups in total. The minimum Gasteiger partial charge on any atom is -0.780 e. The van der Waals surface area contributed by atoms with Crippen molar-refractivity contribution in [1.82, 2.24) is 0 Å². The summed E-state index contributed by atoms with van der Waals surface area (Å²) in [6.45, 7) is 1.52. The van der Waals surface area contributed by atoms with Gasteiger partial charge in [0.15, 0.2) is 0 Å². The second kappa shape index (κ2) is 8.74. The molecule has 0 amide bonds. The van der Waals surface area contributed by atoms with Gasteiger partial charge < -0.3 is 13.9 Å². The topological polar surface area (TPSA) is 41.5 Å². The van der Waals surface area contributed by atoms with Gasteiger partial charge in [-0.3, -0.25) is 0 Å². The normalized spacial score (nSPS) is 10.9. The summed E-state index contributed by atoms with van der Waals surface area (Å²) in [6.07, 6.45) is 1.60. The van der Waals surface area contributed by atoms with Crippen LogP contribution in [0.15, 0.2) is 0 Å². The van der Waals surface area contributed by atoms with Crippen LogP contribution in [-0.4, -0.2) is 13.2 Å². The molecule has 0 unspecified atom stereocenters. The molecule has 0 saturated carbocycles. The molecule has 0 bridgehead atoms. The summed E-state index contributed by atoms with van der Waals surface area (Å²) in [4.78, 5) is 11.1. The van der Waals surface area contributed by atoms with Crippen LogP contribution in [0.2, 0.25) is 0 Å². The Balaban J connectivity index is 0. The summed E-state index contributed by atoms with van der Waals surface area (Å²) in [6, 6.07) is 0. The molecule has 0 aliphatic carbocycles. The summed E-state index contributed by atoms with van der Waals surface area (Å²) >= 11 is 4.59. The number of rotatable bonds is 6. The third-order valence-electron chi connectivity index (χ3n) is 0.907. The largest absolute Gasteiger partial charge is 2.00 e. The van der Waals surface area contributed by atoms with E-state index in [1.807, 2.05) is 13.8 Å². The Morgan fingerprint density at radius 1 is 1.17 bits per heavy atom. The van der Waals surface area contributed by atoms with Crippen LogP contribution in [0.1, 0.15) is 26.7 Å². The van der Waals surface area contributed by atoms with Gasteiger partial charge in [-0.05, 0) is 12.8 Å². The first-order valence-electron chi connectivity index (χ1n) is 3.72. The Kier molecular flexibility index (Phi) is 11.4. The summed E-state index contributed by atoms with van der Waals surface area (Å²) < 4.78 is 9.66. The average molecular weight is 263 g/mol. The van der Waals surface area contributed by atoms with Crippen LogP contribution in [0.4, 0.5) is 0 Å². The maximum atomic E-state index is 11.1. The molecule has 0 heterocycles. The zero-order valence-corrected chi connectivity index (χ0v) is 12.3. The van der Waals surface area contributed by atoms with Gasteiger partial charge in [-0.15, -0.1) is 0 Å². The quantitative estimate of drug-likeness (QED) is 0.536. The Morgan fingerprint density at radius 3 is 1.75 bits per heavy atom. The van der Waals surface area contributed by atoms with Gasteiger partial charge in [-0.1, -0.05) is 25.7 Å². The van der Waals surface area contributed by atoms with Crippen LogP contribution < -0.4 is 4.89 Å². The van der Waals surface area contributed by atoms with E-state index < -0.39 is 6.72 Å². The Morgan fingerprint density at radius 2 is 1.50 bits per heavy atom. The first-order valence-corrected chi connectivity index (χ1v) is 6.28. The Labute approximate surface area is 91.8 Å². The van der Waals surface area contributed by atoms with Crippen molar-refractivity contribution in [2.24, 2.45) is 0 Å². The van der Waals surface area contributed by atoms with Crippen LogP contribution in [0.25, 0.3) is 0 Å². The van der Waals surface area contributed by atoms with Gasteiger partial charge in [0.1, 0.15) is 6.72 Å². The van der Waals surface area contributed by atoms with Crippen molar-refractivity contribution in [2.75, 3.05) is 13.2 Å². The van der Waals surface area contributed by atoms with E-state index in [2.05, 4.69) is 11.8 Å². The molecule has 0 aliphatic heterocycles. The van der Waals surface area contributed by atoms with Gasteiger partial charge in [-0.25, -0.2) is 0 Å². The standard InChI is InChI=1S/C6H15O3PS.Zn/c1-3-5-8-10(7,11)9-6-4-2;/h3-6H2,1-2H3,(H,7,11);/q;+2/p-1. The van der Waals surface area contributed by atoms with Crippen molar-refractivity contribution >= 4 is 18.5 Å². The average Bonchev–Trinajstić information content (AvgIpc) is 1.97. The molecule has 0 aliphatic rings. The van der Waals surface area contributed by atoms with E-state index in [-0.39, 0.29) is 19.5 Å². The van der Waals surface area contributed by atoms with Crippen LogP contribution in [0.3, 0.4) is 0 Å². The van der Waals surface area contributed by atoms with E-state index in [1.165, 1.54) is 0 Å². The molecule has 0 atom stereocenters. The number of hydrogen-bond donors (Lipinski definition) is 0. The predicted octanol–water partition coefficient (Wildman–Crippen LogP) is 1.42. The Bertz CT molecular complexity index is 133. The smallest absolute Gasteiger partial charge is 0.780 e. The minimum atomic E-state index is -3.14. The molecule has 3 nitrogen and oxygen atoms in total. The van der Waals surface area contributed by atoms with Crippen molar-refractivity contribution in [3.05, 3.63) is 0 Å². The molecule has 0 aromatic carbocycles. The van der Waals surface area contributed by atoms with E-state index in [0.717, 1.165) is 12.8 Å². The van der Waals surface area contributed by atoms with Crippen molar-refractivity contribution in [3.8, 4) is 0 Å². The second-order valence-electron chi connectivity index (χ2n) is 2.11. The molecule has 0 rings (SSSR count). The fraction of sp³-hybridized carbons (Fsp3) is 1.00. The SMILES string of the molecule is CCCOP([O-])(=S)OCCC.[Zn+2]. The molecular weight excluding hydrogens is 248 g/mol. The van der Waals surface area contributed by atoms with Crippen LogP contribution in [0.5, 0.6) is 0 Å². The van der Waals surface area contributed by atoms with Gasteiger partial charge in [0.2, 0.25) is 0 Å². The molecular formula is C6H14O3PSZn+. The van der Waals surface area contributed by atoms with Gasteiger partial charge in [0.25, 0.3) is 0 Å². The van der Waals surface area contributed by atoms with E-state index >= 15 is 0 Å². The van der Waals surface area contributed by atoms with E-state index in [9.17, 15) is 4.89 Å². The van der Waals surface area contributed by atoms with Gasteiger partial charge in [0, 0.05) is 0 Å². The van der Waals surface area contributed by atoms with Gasteiger partial charge >= 0.3 is 19.5 Å². The fourth-order valence-electron chi connectivity index (χ4n) is 0.443. The van der Waals surface area contributed by atoms with E-state index in [0.29, 0.717) is 13.2 Å². The van der Waals surface area contributed by atoms with Gasteiger partial charge in [0.05, 0.1) is 13.2 Å². The van der Waals surface area contributed by atoms with Gasteiger partial charge in [-0.2, -0.15) is 0 Å². The molecule has 68 valence electrons. The summed E-state index contributed by atoms with van der Waals surface area (Å²) in [5.74, 6) is 0.